The van der Waals surface area contributed by atoms with Crippen molar-refractivity contribution in [3.63, 3.8) is 0 Å². The highest BCUT2D eigenvalue weighted by atomic mass is 32.1. The number of carbonyl (C=O) groups is 2. The van der Waals surface area contributed by atoms with Crippen molar-refractivity contribution in [3.05, 3.63) is 71.1 Å². The molecule has 0 saturated heterocycles. The van der Waals surface area contributed by atoms with Crippen LogP contribution in [0.3, 0.4) is 0 Å². The summed E-state index contributed by atoms with van der Waals surface area (Å²) in [7, 11) is 0. The number of thiophene rings is 1. The van der Waals surface area contributed by atoms with E-state index in [0.29, 0.717) is 23.4 Å². The number of aryl methyl sites for hydroxylation is 1. The standard InChI is InChI=1S/C20H18N2O3S/c21-16-8-7-14(18-5-2-10-26-18)12-17(16)22-20(25)15-4-1-3-13(11-15)6-9-19(23)24/h1-5,7-8,10-12H,6,9,21H2,(H,22,25)(H,23,24). The topological polar surface area (TPSA) is 92.4 Å². The number of nitrogens with two attached hydrogens (primary N) is 1. The number of amides is 1. The number of rotatable bonds is 6. The van der Waals surface area contributed by atoms with Crippen LogP contribution in [-0.4, -0.2) is 17.0 Å². The first-order valence-electron chi connectivity index (χ1n) is 8.08. The van der Waals surface area contributed by atoms with Crippen molar-refractivity contribution in [1.29, 1.82) is 0 Å². The Hall–Kier alpha value is -3.12. The molecule has 2 aromatic carbocycles. The minimum atomic E-state index is -0.863. The Morgan fingerprint density at radius 3 is 2.65 bits per heavy atom. The smallest absolute Gasteiger partial charge is 0.303 e. The monoisotopic (exact) mass is 366 g/mol. The lowest BCUT2D eigenvalue weighted by molar-refractivity contribution is -0.136. The molecule has 0 bridgehead atoms. The highest BCUT2D eigenvalue weighted by Crippen LogP contribution is 2.30. The predicted octanol–water partition coefficient (Wildman–Crippen LogP) is 4.27. The first kappa shape index (κ1) is 17.7. The number of anilines is 2. The molecule has 0 aliphatic heterocycles. The van der Waals surface area contributed by atoms with Gasteiger partial charge in [-0.3, -0.25) is 9.59 Å². The zero-order valence-corrected chi connectivity index (χ0v) is 14.8. The van der Waals surface area contributed by atoms with Crippen LogP contribution in [0.15, 0.2) is 60.0 Å². The molecule has 4 N–H and O–H groups in total. The van der Waals surface area contributed by atoms with E-state index in [1.54, 1.807) is 35.6 Å². The largest absolute Gasteiger partial charge is 0.481 e. The molecule has 0 aliphatic carbocycles. The van der Waals surface area contributed by atoms with Crippen LogP contribution < -0.4 is 11.1 Å². The van der Waals surface area contributed by atoms with Gasteiger partial charge >= 0.3 is 5.97 Å². The number of nitrogens with one attached hydrogen (secondary N) is 1. The van der Waals surface area contributed by atoms with Crippen LogP contribution >= 0.6 is 11.3 Å². The number of hydrogen-bond donors (Lipinski definition) is 3. The van der Waals surface area contributed by atoms with E-state index in [-0.39, 0.29) is 12.3 Å². The second kappa shape index (κ2) is 7.84. The molecule has 5 nitrogen and oxygen atoms in total. The van der Waals surface area contributed by atoms with Gasteiger partial charge in [0.25, 0.3) is 5.91 Å². The number of hydrogen-bond acceptors (Lipinski definition) is 4. The molecule has 0 unspecified atom stereocenters. The molecular formula is C20H18N2O3S. The third-order valence-corrected chi connectivity index (χ3v) is 4.84. The summed E-state index contributed by atoms with van der Waals surface area (Å²) in [5, 5.41) is 13.6. The summed E-state index contributed by atoms with van der Waals surface area (Å²) in [5.41, 5.74) is 9.30. The molecule has 6 heteroatoms. The summed E-state index contributed by atoms with van der Waals surface area (Å²) in [6.45, 7) is 0. The lowest BCUT2D eigenvalue weighted by Crippen LogP contribution is -2.13. The average Bonchev–Trinajstić information content (AvgIpc) is 3.16. The number of carbonyl (C=O) groups excluding carboxylic acids is 1. The maximum atomic E-state index is 12.6. The fourth-order valence-electron chi connectivity index (χ4n) is 2.57. The van der Waals surface area contributed by atoms with Crippen molar-refractivity contribution >= 4 is 34.6 Å². The normalized spacial score (nSPS) is 10.5. The molecule has 0 radical (unpaired) electrons. The minimum Gasteiger partial charge on any atom is -0.481 e. The third kappa shape index (κ3) is 4.29. The molecular weight excluding hydrogens is 348 g/mol. The van der Waals surface area contributed by atoms with E-state index < -0.39 is 5.97 Å². The quantitative estimate of drug-likeness (QED) is 0.568. The molecule has 0 spiro atoms. The number of carboxylic acid groups (broad SMARTS) is 1. The van der Waals surface area contributed by atoms with Gasteiger partial charge in [-0.25, -0.2) is 0 Å². The van der Waals surface area contributed by atoms with Gasteiger partial charge < -0.3 is 16.2 Å². The molecule has 0 fully saturated rings. The van der Waals surface area contributed by atoms with Crippen molar-refractivity contribution in [2.24, 2.45) is 0 Å². The Labute approximate surface area is 155 Å². The molecule has 26 heavy (non-hydrogen) atoms. The summed E-state index contributed by atoms with van der Waals surface area (Å²) in [6.07, 6.45) is 0.410. The first-order chi connectivity index (χ1) is 12.5. The van der Waals surface area contributed by atoms with Gasteiger partial charge in [0.2, 0.25) is 0 Å². The highest BCUT2D eigenvalue weighted by Gasteiger charge is 2.11. The van der Waals surface area contributed by atoms with E-state index in [4.69, 9.17) is 10.8 Å². The summed E-state index contributed by atoms with van der Waals surface area (Å²) >= 11 is 1.61. The van der Waals surface area contributed by atoms with Gasteiger partial charge in [0, 0.05) is 16.9 Å². The molecule has 1 heterocycles. The lowest BCUT2D eigenvalue weighted by atomic mass is 10.1. The Morgan fingerprint density at radius 2 is 1.92 bits per heavy atom. The molecule has 3 aromatic rings. The molecule has 3 rings (SSSR count). The van der Waals surface area contributed by atoms with Gasteiger partial charge in [-0.1, -0.05) is 24.3 Å². The average molecular weight is 366 g/mol. The Kier molecular flexibility index (Phi) is 5.34. The van der Waals surface area contributed by atoms with Gasteiger partial charge in [-0.15, -0.1) is 11.3 Å². The van der Waals surface area contributed by atoms with Gasteiger partial charge in [0.05, 0.1) is 11.4 Å². The van der Waals surface area contributed by atoms with Crippen molar-refractivity contribution in [2.45, 2.75) is 12.8 Å². The second-order valence-electron chi connectivity index (χ2n) is 5.83. The molecule has 0 atom stereocenters. The molecule has 0 aliphatic rings. The van der Waals surface area contributed by atoms with Crippen molar-refractivity contribution < 1.29 is 14.7 Å². The van der Waals surface area contributed by atoms with Crippen LogP contribution in [0.25, 0.3) is 10.4 Å². The molecule has 0 saturated carbocycles. The predicted molar refractivity (Wildman–Crippen MR) is 105 cm³/mol. The fraction of sp³-hybridized carbons (Fsp3) is 0.100. The number of aliphatic carboxylic acids is 1. The molecule has 132 valence electrons. The van der Waals surface area contributed by atoms with Crippen molar-refractivity contribution in [2.75, 3.05) is 11.1 Å². The minimum absolute atomic E-state index is 0.0287. The Balaban J connectivity index is 1.79. The lowest BCUT2D eigenvalue weighted by Gasteiger charge is -2.11. The van der Waals surface area contributed by atoms with Crippen LogP contribution in [0, 0.1) is 0 Å². The second-order valence-corrected chi connectivity index (χ2v) is 6.78. The van der Waals surface area contributed by atoms with E-state index in [2.05, 4.69) is 5.32 Å². The maximum absolute atomic E-state index is 12.6. The van der Waals surface area contributed by atoms with Crippen molar-refractivity contribution in [3.8, 4) is 10.4 Å². The van der Waals surface area contributed by atoms with E-state index in [1.165, 1.54) is 0 Å². The van der Waals surface area contributed by atoms with E-state index >= 15 is 0 Å². The van der Waals surface area contributed by atoms with Crippen LogP contribution in [0.1, 0.15) is 22.3 Å². The fourth-order valence-corrected chi connectivity index (χ4v) is 3.30. The van der Waals surface area contributed by atoms with E-state index in [0.717, 1.165) is 16.0 Å². The van der Waals surface area contributed by atoms with Crippen molar-refractivity contribution in [1.82, 2.24) is 0 Å². The van der Waals surface area contributed by atoms with Gasteiger partial charge in [0.1, 0.15) is 0 Å². The summed E-state index contributed by atoms with van der Waals surface area (Å²) in [4.78, 5) is 24.4. The maximum Gasteiger partial charge on any atom is 0.303 e. The van der Waals surface area contributed by atoms with Gasteiger partial charge in [-0.2, -0.15) is 0 Å². The van der Waals surface area contributed by atoms with E-state index in [1.807, 2.05) is 35.7 Å². The SMILES string of the molecule is Nc1ccc(-c2cccs2)cc1NC(=O)c1cccc(CCC(=O)O)c1. The first-order valence-corrected chi connectivity index (χ1v) is 8.96. The van der Waals surface area contributed by atoms with E-state index in [9.17, 15) is 9.59 Å². The molecule has 1 amide bonds. The zero-order chi connectivity index (χ0) is 18.5. The molecule has 1 aromatic heterocycles. The summed E-state index contributed by atoms with van der Waals surface area (Å²) in [5.74, 6) is -1.14. The Bertz CT molecular complexity index is 936. The number of benzene rings is 2. The highest BCUT2D eigenvalue weighted by molar-refractivity contribution is 7.13. The number of carboxylic acids is 1. The van der Waals surface area contributed by atoms with Crippen LogP contribution in [0.5, 0.6) is 0 Å². The van der Waals surface area contributed by atoms with Crippen LogP contribution in [0.2, 0.25) is 0 Å². The van der Waals surface area contributed by atoms with Gasteiger partial charge in [-0.05, 0) is 53.3 Å². The van der Waals surface area contributed by atoms with Gasteiger partial charge in [0.15, 0.2) is 0 Å². The Morgan fingerprint density at radius 1 is 1.08 bits per heavy atom. The third-order valence-electron chi connectivity index (χ3n) is 3.92. The van der Waals surface area contributed by atoms with Crippen LogP contribution in [-0.2, 0) is 11.2 Å². The zero-order valence-electron chi connectivity index (χ0n) is 13.9. The van der Waals surface area contributed by atoms with Crippen LogP contribution in [0.4, 0.5) is 11.4 Å². The summed E-state index contributed by atoms with van der Waals surface area (Å²) in [6, 6.07) is 16.5. The summed E-state index contributed by atoms with van der Waals surface area (Å²) < 4.78 is 0. The number of nitrogen functional groups attached to an aromatic ring is 1.